The lowest BCUT2D eigenvalue weighted by Gasteiger charge is -2.03. The van der Waals surface area contributed by atoms with Crippen molar-refractivity contribution in [2.24, 2.45) is 4.99 Å². The molecule has 0 spiro atoms. The molecule has 0 fully saturated rings. The summed E-state index contributed by atoms with van der Waals surface area (Å²) in [5, 5.41) is 4.32. The fraction of sp³-hybridized carbons (Fsp3) is 0.222. The number of anilines is 1. The van der Waals surface area contributed by atoms with E-state index in [4.69, 9.17) is 0 Å². The Bertz CT molecular complexity index is 321. The van der Waals surface area contributed by atoms with Gasteiger partial charge in [-0.2, -0.15) is 0 Å². The minimum absolute atomic E-state index is 0.942. The SMILES string of the molecule is Ic1ccc(NC2=NCCS2)cc1. The van der Waals surface area contributed by atoms with Crippen molar-refractivity contribution in [1.82, 2.24) is 0 Å². The number of aliphatic imine (C=N–C) groups is 1. The lowest BCUT2D eigenvalue weighted by atomic mass is 10.3. The maximum atomic E-state index is 4.32. The van der Waals surface area contributed by atoms with E-state index in [1.54, 1.807) is 11.8 Å². The Morgan fingerprint density at radius 3 is 2.69 bits per heavy atom. The van der Waals surface area contributed by atoms with E-state index < -0.39 is 0 Å². The molecule has 0 radical (unpaired) electrons. The quantitative estimate of drug-likeness (QED) is 0.807. The first-order valence-electron chi connectivity index (χ1n) is 4.04. The van der Waals surface area contributed by atoms with Crippen molar-refractivity contribution < 1.29 is 0 Å². The molecular weight excluding hydrogens is 295 g/mol. The number of hydrogen-bond acceptors (Lipinski definition) is 3. The molecule has 13 heavy (non-hydrogen) atoms. The van der Waals surface area contributed by atoms with Gasteiger partial charge in [-0.15, -0.1) is 0 Å². The predicted octanol–water partition coefficient (Wildman–Crippen LogP) is 2.81. The summed E-state index contributed by atoms with van der Waals surface area (Å²) in [5.74, 6) is 1.10. The third kappa shape index (κ3) is 2.60. The van der Waals surface area contributed by atoms with Crippen molar-refractivity contribution >= 4 is 45.2 Å². The highest BCUT2D eigenvalue weighted by Crippen LogP contribution is 2.16. The molecule has 0 aliphatic carbocycles. The van der Waals surface area contributed by atoms with Crippen molar-refractivity contribution in [3.63, 3.8) is 0 Å². The van der Waals surface area contributed by atoms with Gasteiger partial charge >= 0.3 is 0 Å². The maximum absolute atomic E-state index is 4.32. The molecule has 0 unspecified atom stereocenters. The number of nitrogens with zero attached hydrogens (tertiary/aromatic N) is 1. The molecule has 1 aliphatic heterocycles. The Morgan fingerprint density at radius 2 is 2.08 bits per heavy atom. The van der Waals surface area contributed by atoms with E-state index in [0.29, 0.717) is 0 Å². The lowest BCUT2D eigenvalue weighted by Crippen LogP contribution is -2.04. The lowest BCUT2D eigenvalue weighted by molar-refractivity contribution is 1.17. The van der Waals surface area contributed by atoms with Gasteiger partial charge in [-0.3, -0.25) is 4.99 Å². The van der Waals surface area contributed by atoms with Crippen LogP contribution in [0.4, 0.5) is 5.69 Å². The van der Waals surface area contributed by atoms with Crippen molar-refractivity contribution in [2.45, 2.75) is 0 Å². The van der Waals surface area contributed by atoms with Crippen LogP contribution in [-0.4, -0.2) is 17.5 Å². The molecule has 2 rings (SSSR count). The monoisotopic (exact) mass is 304 g/mol. The average Bonchev–Trinajstić information content (AvgIpc) is 2.62. The molecule has 0 aromatic heterocycles. The van der Waals surface area contributed by atoms with Crippen LogP contribution in [0, 0.1) is 3.57 Å². The first-order valence-corrected chi connectivity index (χ1v) is 6.11. The highest BCUT2D eigenvalue weighted by molar-refractivity contribution is 14.1. The second kappa shape index (κ2) is 4.32. The third-order valence-corrected chi connectivity index (χ3v) is 3.29. The van der Waals surface area contributed by atoms with Crippen LogP contribution in [-0.2, 0) is 0 Å². The Labute approximate surface area is 95.4 Å². The van der Waals surface area contributed by atoms with Gasteiger partial charge < -0.3 is 5.32 Å². The van der Waals surface area contributed by atoms with Crippen LogP contribution in [0.25, 0.3) is 0 Å². The first-order chi connectivity index (χ1) is 6.34. The molecule has 0 atom stereocenters. The number of thioether (sulfide) groups is 1. The third-order valence-electron chi connectivity index (χ3n) is 1.68. The zero-order chi connectivity index (χ0) is 9.10. The van der Waals surface area contributed by atoms with Gasteiger partial charge in [-0.05, 0) is 46.9 Å². The highest BCUT2D eigenvalue weighted by Gasteiger charge is 2.05. The molecule has 2 nitrogen and oxygen atoms in total. The van der Waals surface area contributed by atoms with E-state index in [1.807, 2.05) is 0 Å². The summed E-state index contributed by atoms with van der Waals surface area (Å²) in [7, 11) is 0. The number of hydrogen-bond donors (Lipinski definition) is 1. The van der Waals surface area contributed by atoms with Crippen LogP contribution in [0.5, 0.6) is 0 Å². The van der Waals surface area contributed by atoms with E-state index in [2.05, 4.69) is 57.2 Å². The molecule has 1 aromatic carbocycles. The van der Waals surface area contributed by atoms with Gasteiger partial charge in [0.25, 0.3) is 0 Å². The van der Waals surface area contributed by atoms with E-state index in [1.165, 1.54) is 3.57 Å². The topological polar surface area (TPSA) is 24.4 Å². The Kier molecular flexibility index (Phi) is 3.10. The second-order valence-corrected chi connectivity index (χ2v) is 5.00. The summed E-state index contributed by atoms with van der Waals surface area (Å²) in [6.45, 7) is 0.942. The van der Waals surface area contributed by atoms with E-state index in [0.717, 1.165) is 23.2 Å². The number of nitrogens with one attached hydrogen (secondary N) is 1. The predicted molar refractivity (Wildman–Crippen MR) is 67.5 cm³/mol. The molecule has 1 aromatic rings. The smallest absolute Gasteiger partial charge is 0.161 e. The molecule has 1 N–H and O–H groups in total. The molecule has 0 bridgehead atoms. The van der Waals surface area contributed by atoms with Gasteiger partial charge in [0, 0.05) is 15.0 Å². The van der Waals surface area contributed by atoms with Gasteiger partial charge in [0.2, 0.25) is 0 Å². The van der Waals surface area contributed by atoms with E-state index >= 15 is 0 Å². The van der Waals surface area contributed by atoms with Crippen LogP contribution in [0.2, 0.25) is 0 Å². The normalized spacial score (nSPS) is 15.6. The highest BCUT2D eigenvalue weighted by atomic mass is 127. The van der Waals surface area contributed by atoms with Crippen LogP contribution in [0.15, 0.2) is 29.3 Å². The minimum atomic E-state index is 0.942. The van der Waals surface area contributed by atoms with Crippen molar-refractivity contribution in [2.75, 3.05) is 17.6 Å². The van der Waals surface area contributed by atoms with Crippen molar-refractivity contribution in [3.8, 4) is 0 Å². The standard InChI is InChI=1S/C9H9IN2S/c10-7-1-3-8(4-2-7)12-9-11-5-6-13-9/h1-4H,5-6H2,(H,11,12). The van der Waals surface area contributed by atoms with Crippen LogP contribution in [0.1, 0.15) is 0 Å². The van der Waals surface area contributed by atoms with Crippen LogP contribution in [0.3, 0.4) is 0 Å². The van der Waals surface area contributed by atoms with Crippen LogP contribution >= 0.6 is 34.4 Å². The zero-order valence-corrected chi connectivity index (χ0v) is 9.93. The summed E-state index contributed by atoms with van der Waals surface area (Å²) < 4.78 is 1.25. The largest absolute Gasteiger partial charge is 0.335 e. The van der Waals surface area contributed by atoms with Gasteiger partial charge in [-0.25, -0.2) is 0 Å². The van der Waals surface area contributed by atoms with Gasteiger partial charge in [0.1, 0.15) is 0 Å². The molecule has 0 saturated carbocycles. The Morgan fingerprint density at radius 1 is 1.31 bits per heavy atom. The number of benzene rings is 1. The Hall–Kier alpha value is -0.230. The van der Waals surface area contributed by atoms with Crippen LogP contribution < -0.4 is 5.32 Å². The van der Waals surface area contributed by atoms with E-state index in [-0.39, 0.29) is 0 Å². The molecule has 0 amide bonds. The summed E-state index contributed by atoms with van der Waals surface area (Å²) in [6.07, 6.45) is 0. The number of amidine groups is 1. The van der Waals surface area contributed by atoms with Gasteiger partial charge in [0.05, 0.1) is 6.54 Å². The van der Waals surface area contributed by atoms with Gasteiger partial charge in [-0.1, -0.05) is 11.8 Å². The summed E-state index contributed by atoms with van der Waals surface area (Å²) >= 11 is 4.08. The molecule has 68 valence electrons. The number of halogens is 1. The van der Waals surface area contributed by atoms with Gasteiger partial charge in [0.15, 0.2) is 5.17 Å². The van der Waals surface area contributed by atoms with Crippen molar-refractivity contribution in [3.05, 3.63) is 27.8 Å². The zero-order valence-electron chi connectivity index (χ0n) is 6.96. The number of rotatable bonds is 1. The summed E-state index contributed by atoms with van der Waals surface area (Å²) in [6, 6.07) is 8.32. The molecule has 1 aliphatic rings. The average molecular weight is 304 g/mol. The Balaban J connectivity index is 2.05. The fourth-order valence-electron chi connectivity index (χ4n) is 1.07. The van der Waals surface area contributed by atoms with E-state index in [9.17, 15) is 0 Å². The second-order valence-electron chi connectivity index (χ2n) is 2.67. The first kappa shape index (κ1) is 9.33. The molecule has 4 heteroatoms. The van der Waals surface area contributed by atoms with Crippen molar-refractivity contribution in [1.29, 1.82) is 0 Å². The molecule has 0 saturated heterocycles. The maximum Gasteiger partial charge on any atom is 0.161 e. The summed E-state index contributed by atoms with van der Waals surface area (Å²) in [4.78, 5) is 4.32. The molecule has 1 heterocycles. The molecular formula is C9H9IN2S. The minimum Gasteiger partial charge on any atom is -0.335 e. The fourth-order valence-corrected chi connectivity index (χ4v) is 2.18. The summed E-state index contributed by atoms with van der Waals surface area (Å²) in [5.41, 5.74) is 1.12.